The molecule has 1 aliphatic rings. The number of hydrogen-bond donors (Lipinski definition) is 3. The highest BCUT2D eigenvalue weighted by atomic mass is 16.5. The fourth-order valence-electron chi connectivity index (χ4n) is 2.07. The molecule has 1 aliphatic heterocycles. The molecule has 108 valence electrons. The Kier molecular flexibility index (Phi) is 3.63. The fraction of sp³-hybridized carbons (Fsp3) is 0.462. The van der Waals surface area contributed by atoms with Gasteiger partial charge in [0.15, 0.2) is 5.43 Å². The van der Waals surface area contributed by atoms with Gasteiger partial charge in [0.25, 0.3) is 5.91 Å². The molecule has 0 radical (unpaired) electrons. The number of carboxylic acids is 1. The predicted octanol–water partition coefficient (Wildman–Crippen LogP) is -0.0972. The van der Waals surface area contributed by atoms with Crippen molar-refractivity contribution < 1.29 is 19.4 Å². The predicted molar refractivity (Wildman–Crippen MR) is 69.6 cm³/mol. The first-order chi connectivity index (χ1) is 9.34. The molecule has 1 aromatic rings. The minimum Gasteiger partial charge on any atom is -0.481 e. The molecule has 2 heterocycles. The van der Waals surface area contributed by atoms with E-state index in [1.807, 2.05) is 0 Å². The van der Waals surface area contributed by atoms with Crippen molar-refractivity contribution in [2.45, 2.75) is 19.9 Å². The lowest BCUT2D eigenvalue weighted by Crippen LogP contribution is -2.50. The Bertz CT molecular complexity index is 609. The van der Waals surface area contributed by atoms with Gasteiger partial charge in [-0.05, 0) is 13.8 Å². The molecule has 7 heteroatoms. The molecule has 1 amide bonds. The summed E-state index contributed by atoms with van der Waals surface area (Å²) in [6.07, 6.45) is 1.32. The molecular formula is C13H16N2O5. The maximum absolute atomic E-state index is 12.1. The average molecular weight is 280 g/mol. The third-order valence-electron chi connectivity index (χ3n) is 3.55. The zero-order valence-corrected chi connectivity index (χ0v) is 11.2. The number of pyridine rings is 1. The number of aromatic amines is 1. The van der Waals surface area contributed by atoms with Gasteiger partial charge in [-0.2, -0.15) is 0 Å². The Balaban J connectivity index is 2.20. The molecule has 0 spiro atoms. The summed E-state index contributed by atoms with van der Waals surface area (Å²) in [5, 5.41) is 11.8. The van der Waals surface area contributed by atoms with Crippen LogP contribution in [0.1, 0.15) is 23.0 Å². The van der Waals surface area contributed by atoms with Crippen molar-refractivity contribution in [3.8, 4) is 0 Å². The number of ether oxygens (including phenoxy) is 1. The minimum atomic E-state index is -1.19. The average Bonchev–Trinajstić information content (AvgIpc) is 2.72. The highest BCUT2D eigenvalue weighted by Crippen LogP contribution is 2.28. The molecule has 0 aliphatic carbocycles. The number of carbonyl (C=O) groups excluding carboxylic acids is 1. The highest BCUT2D eigenvalue weighted by molar-refractivity contribution is 5.94. The molecule has 7 nitrogen and oxygen atoms in total. The van der Waals surface area contributed by atoms with E-state index in [2.05, 4.69) is 10.3 Å². The van der Waals surface area contributed by atoms with Crippen LogP contribution >= 0.6 is 0 Å². The van der Waals surface area contributed by atoms with Crippen LogP contribution in [-0.4, -0.2) is 41.2 Å². The van der Waals surface area contributed by atoms with Gasteiger partial charge in [0.05, 0.1) is 19.3 Å². The molecule has 20 heavy (non-hydrogen) atoms. The molecule has 2 rings (SSSR count). The van der Waals surface area contributed by atoms with Gasteiger partial charge in [-0.15, -0.1) is 0 Å². The number of carboxylic acid groups (broad SMARTS) is 1. The number of aliphatic carboxylic acids is 1. The third-order valence-corrected chi connectivity index (χ3v) is 3.55. The number of hydrogen-bond acceptors (Lipinski definition) is 4. The van der Waals surface area contributed by atoms with Crippen molar-refractivity contribution in [3.05, 3.63) is 33.7 Å². The second kappa shape index (κ2) is 5.09. The molecule has 0 bridgehead atoms. The highest BCUT2D eigenvalue weighted by Gasteiger charge is 2.47. The van der Waals surface area contributed by atoms with E-state index >= 15 is 0 Å². The van der Waals surface area contributed by atoms with E-state index < -0.39 is 28.8 Å². The second-order valence-corrected chi connectivity index (χ2v) is 5.16. The van der Waals surface area contributed by atoms with Gasteiger partial charge in [0, 0.05) is 18.0 Å². The zero-order valence-electron chi connectivity index (χ0n) is 11.2. The molecule has 2 unspecified atom stereocenters. The summed E-state index contributed by atoms with van der Waals surface area (Å²) in [6, 6.07) is 0.643. The zero-order chi connectivity index (χ0) is 14.9. The van der Waals surface area contributed by atoms with Crippen molar-refractivity contribution in [2.24, 2.45) is 5.41 Å². The maximum Gasteiger partial charge on any atom is 0.313 e. The number of rotatable bonds is 3. The Morgan fingerprint density at radius 1 is 1.55 bits per heavy atom. The van der Waals surface area contributed by atoms with E-state index in [1.54, 1.807) is 6.92 Å². The molecule has 1 aromatic heterocycles. The second-order valence-electron chi connectivity index (χ2n) is 5.16. The van der Waals surface area contributed by atoms with Crippen LogP contribution in [0.15, 0.2) is 17.1 Å². The summed E-state index contributed by atoms with van der Waals surface area (Å²) in [6.45, 7) is 3.35. The van der Waals surface area contributed by atoms with Crippen LogP contribution in [0.5, 0.6) is 0 Å². The summed E-state index contributed by atoms with van der Waals surface area (Å²) in [5.74, 6) is -1.65. The summed E-state index contributed by atoms with van der Waals surface area (Å²) in [7, 11) is 0. The summed E-state index contributed by atoms with van der Waals surface area (Å²) >= 11 is 0. The third kappa shape index (κ3) is 2.44. The topological polar surface area (TPSA) is 108 Å². The smallest absolute Gasteiger partial charge is 0.313 e. The number of amides is 1. The summed E-state index contributed by atoms with van der Waals surface area (Å²) < 4.78 is 5.14. The van der Waals surface area contributed by atoms with E-state index in [-0.39, 0.29) is 18.8 Å². The largest absolute Gasteiger partial charge is 0.481 e. The van der Waals surface area contributed by atoms with E-state index in [0.717, 1.165) is 0 Å². The Morgan fingerprint density at radius 2 is 2.25 bits per heavy atom. The monoisotopic (exact) mass is 280 g/mol. The fourth-order valence-corrected chi connectivity index (χ4v) is 2.07. The standard InChI is InChI=1S/C13H16N2O5/c1-7-3-9(16)8(4-14-7)11(17)15-10-5-20-6-13(10,2)12(18)19/h3-4,10H,5-6H2,1-2H3,(H,14,16)(H,15,17)(H,18,19). The maximum atomic E-state index is 12.1. The van der Waals surface area contributed by atoms with Gasteiger partial charge in [-0.3, -0.25) is 14.4 Å². The molecule has 1 fully saturated rings. The molecule has 3 N–H and O–H groups in total. The van der Waals surface area contributed by atoms with Gasteiger partial charge in [0.1, 0.15) is 11.0 Å². The van der Waals surface area contributed by atoms with Crippen molar-refractivity contribution in [1.29, 1.82) is 0 Å². The van der Waals surface area contributed by atoms with E-state index in [4.69, 9.17) is 4.74 Å². The Morgan fingerprint density at radius 3 is 2.85 bits per heavy atom. The molecule has 2 atom stereocenters. The van der Waals surface area contributed by atoms with Gasteiger partial charge >= 0.3 is 5.97 Å². The van der Waals surface area contributed by atoms with Crippen LogP contribution in [0.4, 0.5) is 0 Å². The van der Waals surface area contributed by atoms with Crippen LogP contribution < -0.4 is 10.7 Å². The van der Waals surface area contributed by atoms with Gasteiger partial charge in [-0.25, -0.2) is 0 Å². The van der Waals surface area contributed by atoms with Gasteiger partial charge in [-0.1, -0.05) is 0 Å². The van der Waals surface area contributed by atoms with Crippen LogP contribution in [0.25, 0.3) is 0 Å². The minimum absolute atomic E-state index is 0.0253. The first kappa shape index (κ1) is 14.3. The van der Waals surface area contributed by atoms with Crippen molar-refractivity contribution in [1.82, 2.24) is 10.3 Å². The lowest BCUT2D eigenvalue weighted by Gasteiger charge is -2.25. The molecule has 0 saturated carbocycles. The van der Waals surface area contributed by atoms with Crippen LogP contribution in [-0.2, 0) is 9.53 Å². The quantitative estimate of drug-likeness (QED) is 0.716. The van der Waals surface area contributed by atoms with Crippen LogP contribution in [0, 0.1) is 12.3 Å². The number of aromatic nitrogens is 1. The normalized spacial score (nSPS) is 25.4. The Labute approximate surface area is 115 Å². The van der Waals surface area contributed by atoms with Crippen LogP contribution in [0.3, 0.4) is 0 Å². The van der Waals surface area contributed by atoms with Gasteiger partial charge in [0.2, 0.25) is 0 Å². The van der Waals surface area contributed by atoms with Gasteiger partial charge < -0.3 is 20.1 Å². The first-order valence-electron chi connectivity index (χ1n) is 6.16. The van der Waals surface area contributed by atoms with Crippen molar-refractivity contribution >= 4 is 11.9 Å². The number of aryl methyl sites for hydroxylation is 1. The lowest BCUT2D eigenvalue weighted by atomic mass is 9.85. The van der Waals surface area contributed by atoms with Crippen LogP contribution in [0.2, 0.25) is 0 Å². The molecular weight excluding hydrogens is 264 g/mol. The number of carbonyl (C=O) groups is 2. The summed E-state index contributed by atoms with van der Waals surface area (Å²) in [4.78, 5) is 37.8. The van der Waals surface area contributed by atoms with E-state index in [9.17, 15) is 19.5 Å². The molecule has 0 aromatic carbocycles. The first-order valence-corrected chi connectivity index (χ1v) is 6.16. The number of nitrogens with one attached hydrogen (secondary N) is 2. The Hall–Kier alpha value is -2.15. The number of H-pyrrole nitrogens is 1. The lowest BCUT2D eigenvalue weighted by molar-refractivity contribution is -0.148. The van der Waals surface area contributed by atoms with E-state index in [1.165, 1.54) is 19.2 Å². The van der Waals surface area contributed by atoms with Crippen molar-refractivity contribution in [3.63, 3.8) is 0 Å². The summed E-state index contributed by atoms with van der Waals surface area (Å²) in [5.41, 5.74) is -0.997. The molecule has 1 saturated heterocycles. The van der Waals surface area contributed by atoms with E-state index in [0.29, 0.717) is 5.69 Å². The van der Waals surface area contributed by atoms with Crippen molar-refractivity contribution in [2.75, 3.05) is 13.2 Å². The SMILES string of the molecule is Cc1cc(=O)c(C(=O)NC2COCC2(C)C(=O)O)c[nH]1.